The van der Waals surface area contributed by atoms with E-state index in [1.807, 2.05) is 114 Å². The number of nitrogens with zero attached hydrogens (tertiary/aromatic N) is 4. The van der Waals surface area contributed by atoms with Gasteiger partial charge in [0.25, 0.3) is 5.78 Å². The molecule has 147 heavy (non-hydrogen) atoms. The molecule has 0 saturated carbocycles. The zero-order valence-corrected chi connectivity index (χ0v) is 92.8. The molecular weight excluding hydrogens is 2560 g/mol. The molecule has 22 rings (SSSR count). The first-order valence-corrected chi connectivity index (χ1v) is 47.1. The molecule has 3 N–H and O–H groups in total. The van der Waals surface area contributed by atoms with Gasteiger partial charge in [0.15, 0.2) is 11.6 Å². The fraction of sp³-hybridized carbons (Fsp3) is 0.173. The number of halogens is 6. The van der Waals surface area contributed by atoms with Crippen LogP contribution in [0, 0.1) is 35.1 Å². The summed E-state index contributed by atoms with van der Waals surface area (Å²) in [6.07, 6.45) is -9.11. The first kappa shape index (κ1) is 112. The molecule has 0 bridgehead atoms. The molecule has 4 aromatic heterocycles. The summed E-state index contributed by atoms with van der Waals surface area (Å²) in [4.78, 5) is 52.5. The molecule has 18 aromatic rings. The van der Waals surface area contributed by atoms with E-state index >= 15 is 0 Å². The number of alkyl halides is 6. The molecule has 0 aliphatic heterocycles. The van der Waals surface area contributed by atoms with Gasteiger partial charge in [-0.25, -0.2) is 0 Å². The van der Waals surface area contributed by atoms with Gasteiger partial charge in [-0.3, -0.25) is 34.3 Å². The van der Waals surface area contributed by atoms with Crippen molar-refractivity contribution >= 4 is 66.7 Å². The predicted molar refractivity (Wildman–Crippen MR) is 565 cm³/mol. The van der Waals surface area contributed by atoms with Crippen LogP contribution in [-0.2, 0) is 112 Å². The fourth-order valence-electron chi connectivity index (χ4n) is 18.4. The second kappa shape index (κ2) is 45.9. The van der Waals surface area contributed by atoms with Crippen LogP contribution in [0.2, 0.25) is 0 Å². The van der Waals surface area contributed by atoms with Gasteiger partial charge in [-0.05, 0) is 112 Å². The van der Waals surface area contributed by atoms with Crippen molar-refractivity contribution in [3.8, 4) is 89.5 Å². The van der Waals surface area contributed by atoms with Crippen LogP contribution < -0.4 is 0 Å². The van der Waals surface area contributed by atoms with E-state index in [2.05, 4.69) is 322 Å². The average Bonchev–Trinajstić information content (AvgIpc) is 1.59. The Labute approximate surface area is 908 Å². The monoisotopic (exact) mass is 2670 g/mol. The van der Waals surface area contributed by atoms with Crippen LogP contribution in [0.15, 0.2) is 382 Å². The van der Waals surface area contributed by atoms with Crippen molar-refractivity contribution in [1.82, 2.24) is 19.9 Å². The van der Waals surface area contributed by atoms with Crippen molar-refractivity contribution in [2.45, 2.75) is 131 Å². The Bertz CT molecular complexity index is 7240. The largest absolute Gasteiger partial charge is 0.512 e. The Morgan fingerprint density at radius 3 is 0.769 bits per heavy atom. The van der Waals surface area contributed by atoms with Gasteiger partial charge in [0.1, 0.15) is 11.5 Å². The number of carbonyl (C=O) groups is 3. The third-order valence-corrected chi connectivity index (χ3v) is 26.6. The molecule has 0 unspecified atom stereocenters. The number of carbonyl (C=O) groups excluding carboxylic acids is 3. The summed E-state index contributed by atoms with van der Waals surface area (Å²) >= 11 is 0. The summed E-state index contributed by atoms with van der Waals surface area (Å²) < 4.78 is 68.1. The Balaban J connectivity index is 0.000000154. The smallest absolute Gasteiger partial charge is 0.454 e. The van der Waals surface area contributed by atoms with Crippen molar-refractivity contribution in [2.75, 3.05) is 0 Å². The number of hydrogen-bond donors (Lipinski definition) is 3. The van der Waals surface area contributed by atoms with E-state index in [9.17, 15) is 50.9 Å². The van der Waals surface area contributed by atoms with E-state index in [-0.39, 0.29) is 131 Å². The number of allylic oxidation sites excluding steroid dienone is 5. The first-order chi connectivity index (χ1) is 67.9. The fourth-order valence-corrected chi connectivity index (χ4v) is 18.4. The maximum atomic E-state index is 11.8. The molecular formula is C127H106F6Ir4N4O6-4. The van der Waals surface area contributed by atoms with Crippen LogP contribution in [-0.4, -0.2) is 65.0 Å². The van der Waals surface area contributed by atoms with Crippen molar-refractivity contribution in [3.05, 3.63) is 461 Å². The summed E-state index contributed by atoms with van der Waals surface area (Å²) in [5, 5.41) is 32.0. The minimum atomic E-state index is -5.42. The zero-order valence-electron chi connectivity index (χ0n) is 83.2. The molecule has 4 radical (unpaired) electrons. The van der Waals surface area contributed by atoms with Crippen LogP contribution in [0.4, 0.5) is 26.3 Å². The maximum absolute atomic E-state index is 11.8. The molecule has 4 aliphatic carbocycles. The number of pyridine rings is 4. The molecule has 4 heterocycles. The third kappa shape index (κ3) is 24.7. The summed E-state index contributed by atoms with van der Waals surface area (Å²) in [7, 11) is 0. The third-order valence-electron chi connectivity index (χ3n) is 26.6. The van der Waals surface area contributed by atoms with Gasteiger partial charge in [-0.1, -0.05) is 420 Å². The average molecular weight is 2670 g/mol. The number of ketones is 3. The number of rotatable bonds is 9. The molecule has 0 fully saturated rings. The standard InChI is InChI=1S/4C24H18N.C15H12O2.C11H20O2.C5H2F6O2.4Ir/c4*1-24(2)20-9-5-4-8-18(20)19-13-11-17(15-21(19)24)23-14-12-16-7-3-6-10-22(16)25-23;16-14(12-7-3-1-4-8-12)11-15(17)13-9-5-2-6-10-13;1-10(2,3)8(12)7-9(13)11(4,5)6;6-4(7,8)2(12)1-3(13)5(9,10)11;;;;/h4*3-10,12-15H,1-2H3;1-11,16H;7,12H,1-6H3;1,12H;;;;/q4*-1;;;;;;;. The minimum Gasteiger partial charge on any atom is -0.512 e. The van der Waals surface area contributed by atoms with E-state index in [4.69, 9.17) is 25.0 Å². The van der Waals surface area contributed by atoms with Crippen LogP contribution in [0.25, 0.3) is 139 Å². The van der Waals surface area contributed by atoms with E-state index < -0.39 is 35.4 Å². The zero-order chi connectivity index (χ0) is 102. The molecule has 20 heteroatoms. The molecule has 0 atom stereocenters. The number of benzene rings is 14. The minimum absolute atomic E-state index is 0. The molecule has 752 valence electrons. The van der Waals surface area contributed by atoms with E-state index in [0.29, 0.717) is 11.1 Å². The topological polar surface area (TPSA) is 163 Å². The summed E-state index contributed by atoms with van der Waals surface area (Å²) in [6, 6.07) is 134. The summed E-state index contributed by atoms with van der Waals surface area (Å²) in [5.74, 6) is -5.45. The van der Waals surface area contributed by atoms with E-state index in [1.54, 1.807) is 36.4 Å². The number of aliphatic hydroxyl groups is 3. The van der Waals surface area contributed by atoms with Crippen LogP contribution in [0.1, 0.15) is 157 Å². The van der Waals surface area contributed by atoms with Gasteiger partial charge < -0.3 is 15.3 Å². The number of para-hydroxylation sites is 4. The van der Waals surface area contributed by atoms with Crippen molar-refractivity contribution < 1.29 is 136 Å². The molecule has 14 aromatic carbocycles. The number of aromatic nitrogens is 4. The normalized spacial score (nSPS) is 13.6. The number of fused-ring (bicyclic) bond motifs is 16. The quantitative estimate of drug-likeness (QED) is 0.0417. The van der Waals surface area contributed by atoms with Gasteiger partial charge >= 0.3 is 12.4 Å². The molecule has 0 spiro atoms. The number of hydrogen-bond acceptors (Lipinski definition) is 10. The molecule has 10 nitrogen and oxygen atoms in total. The molecule has 0 amide bonds. The Kier molecular flexibility index (Phi) is 35.0. The summed E-state index contributed by atoms with van der Waals surface area (Å²) in [5.41, 5.74) is 34.2. The van der Waals surface area contributed by atoms with Gasteiger partial charge in [0, 0.05) is 121 Å². The molecule has 0 saturated heterocycles. The molecule has 4 aliphatic rings. The summed E-state index contributed by atoms with van der Waals surface area (Å²) in [6.45, 7) is 29.5. The van der Waals surface area contributed by atoms with Gasteiger partial charge in [-0.15, -0.1) is 117 Å². The van der Waals surface area contributed by atoms with E-state index in [1.165, 1.54) is 123 Å². The van der Waals surface area contributed by atoms with Crippen LogP contribution in [0.3, 0.4) is 0 Å². The van der Waals surface area contributed by atoms with Crippen molar-refractivity contribution in [3.63, 3.8) is 0 Å². The van der Waals surface area contributed by atoms with Gasteiger partial charge in [-0.2, -0.15) is 26.3 Å². The number of aliphatic hydroxyl groups excluding tert-OH is 3. The van der Waals surface area contributed by atoms with E-state index in [0.717, 1.165) is 67.1 Å². The van der Waals surface area contributed by atoms with Gasteiger partial charge in [0.2, 0.25) is 5.76 Å². The second-order valence-corrected chi connectivity index (χ2v) is 39.8. The van der Waals surface area contributed by atoms with Crippen LogP contribution in [0.5, 0.6) is 0 Å². The second-order valence-electron chi connectivity index (χ2n) is 39.8. The Morgan fingerprint density at radius 2 is 0.510 bits per heavy atom. The van der Waals surface area contributed by atoms with Crippen LogP contribution >= 0.6 is 0 Å². The van der Waals surface area contributed by atoms with Crippen molar-refractivity contribution in [2.24, 2.45) is 10.8 Å². The Hall–Kier alpha value is -13.5. The maximum Gasteiger partial charge on any atom is 0.454 e. The Morgan fingerprint density at radius 1 is 0.265 bits per heavy atom. The van der Waals surface area contributed by atoms with Crippen molar-refractivity contribution in [1.29, 1.82) is 0 Å². The predicted octanol–water partition coefficient (Wildman–Crippen LogP) is 32.7. The van der Waals surface area contributed by atoms with Gasteiger partial charge in [0.05, 0.1) is 22.1 Å². The first-order valence-electron chi connectivity index (χ1n) is 47.1. The SMILES string of the molecule is CC(C)(C)C(=O)C=C(O)C(C)(C)C.CC1(C)c2ccccc2-c2c[c-]c(-c3ccc4ccccc4n3)cc21.CC1(C)c2ccccc2-c2c[c-]c(-c3ccc4ccccc4n3)cc21.CC1(C)c2ccccc2-c2c[c-]c(-c3ccc4ccccc4n3)cc21.CC1(C)c2ccccc2-c2c[c-]c(-c3ccc4ccccc4n3)cc21.O=C(C=C(O)C(F)(F)F)C(F)(F)F.O=C(C=C(O)c1ccccc1)c1ccccc1.[Ir].[Ir].[Ir].[Ir].